The minimum Gasteiger partial charge on any atom is -0.740 e. The number of carboxylic acids is 1. The highest BCUT2D eigenvalue weighted by Crippen LogP contribution is 2.22. The Bertz CT molecular complexity index is 593. The third-order valence-corrected chi connectivity index (χ3v) is 4.08. The van der Waals surface area contributed by atoms with Crippen LogP contribution in [0.2, 0.25) is 0 Å². The van der Waals surface area contributed by atoms with Gasteiger partial charge in [0, 0.05) is 37.3 Å². The molecule has 2 aliphatic heterocycles. The molecule has 0 spiro atoms. The fraction of sp³-hybridized carbons (Fsp3) is 0.533. The average Bonchev–Trinajstić information content (AvgIpc) is 3.00. The number of nitrogens with one attached hydrogen (secondary N) is 1. The summed E-state index contributed by atoms with van der Waals surface area (Å²) in [6, 6.07) is 2.74. The summed E-state index contributed by atoms with van der Waals surface area (Å²) in [6.07, 6.45) is 4.42. The Balaban J connectivity index is 0.000000198. The quantitative estimate of drug-likeness (QED) is 0.432. The Hall–Kier alpha value is -2.71. The molecule has 0 radical (unpaired) electrons. The smallest absolute Gasteiger partial charge is 0.326 e. The summed E-state index contributed by atoms with van der Waals surface area (Å²) in [5.41, 5.74) is 12.1. The molecule has 0 saturated carbocycles. The molecule has 1 amide bonds. The van der Waals surface area contributed by atoms with Crippen LogP contribution >= 0.6 is 0 Å². The molecule has 9 heteroatoms. The molecule has 3 heterocycles. The van der Waals surface area contributed by atoms with Gasteiger partial charge < -0.3 is 32.0 Å². The highest BCUT2D eigenvalue weighted by atomic mass is 16.5. The molecular formula is C15H23N5O4. The van der Waals surface area contributed by atoms with Crippen molar-refractivity contribution in [2.75, 3.05) is 29.5 Å². The van der Waals surface area contributed by atoms with Crippen LogP contribution in [0.3, 0.4) is 0 Å². The number of carboxylic acid groups (broad SMARTS) is 1. The SMILES string of the molecule is Nc1cc(N2CCCCC2)cc(N)[n+]1[O-].O=C1CC[C@@H](C(=O)O)N1. The van der Waals surface area contributed by atoms with E-state index in [0.717, 1.165) is 18.8 Å². The predicted octanol–water partition coefficient (Wildman–Crippen LogP) is -0.176. The van der Waals surface area contributed by atoms with Crippen LogP contribution in [0.15, 0.2) is 12.1 Å². The van der Waals surface area contributed by atoms with E-state index in [4.69, 9.17) is 16.6 Å². The zero-order chi connectivity index (χ0) is 17.7. The van der Waals surface area contributed by atoms with Gasteiger partial charge in [-0.3, -0.25) is 4.79 Å². The topological polar surface area (TPSA) is 149 Å². The molecule has 9 nitrogen and oxygen atoms in total. The van der Waals surface area contributed by atoms with Crippen LogP contribution in [0, 0.1) is 5.21 Å². The molecule has 24 heavy (non-hydrogen) atoms. The molecule has 2 aliphatic rings. The number of aromatic nitrogens is 1. The molecule has 1 aromatic rings. The van der Waals surface area contributed by atoms with Gasteiger partial charge in [-0.15, -0.1) is 0 Å². The van der Waals surface area contributed by atoms with Crippen LogP contribution in [-0.2, 0) is 9.59 Å². The molecule has 2 fully saturated rings. The van der Waals surface area contributed by atoms with Crippen molar-refractivity contribution in [2.45, 2.75) is 38.1 Å². The van der Waals surface area contributed by atoms with E-state index in [0.29, 0.717) is 17.6 Å². The lowest BCUT2D eigenvalue weighted by molar-refractivity contribution is -0.574. The Kier molecular flexibility index (Phi) is 5.67. The van der Waals surface area contributed by atoms with Crippen LogP contribution in [-0.4, -0.2) is 36.1 Å². The van der Waals surface area contributed by atoms with Gasteiger partial charge in [0.05, 0.1) is 0 Å². The highest BCUT2D eigenvalue weighted by molar-refractivity contribution is 5.87. The number of amides is 1. The Labute approximate surface area is 139 Å². The molecule has 0 unspecified atom stereocenters. The summed E-state index contributed by atoms with van der Waals surface area (Å²) >= 11 is 0. The summed E-state index contributed by atoms with van der Waals surface area (Å²) < 4.78 is 0.549. The second-order valence-corrected chi connectivity index (χ2v) is 5.90. The molecule has 6 N–H and O–H groups in total. The largest absolute Gasteiger partial charge is 0.740 e. The van der Waals surface area contributed by atoms with Crippen LogP contribution in [0.1, 0.15) is 32.1 Å². The van der Waals surface area contributed by atoms with Crippen molar-refractivity contribution >= 4 is 29.2 Å². The van der Waals surface area contributed by atoms with Crippen molar-refractivity contribution in [1.82, 2.24) is 5.32 Å². The second kappa shape index (κ2) is 7.71. The van der Waals surface area contributed by atoms with E-state index in [9.17, 15) is 14.8 Å². The molecule has 0 bridgehead atoms. The minimum absolute atomic E-state index is 0.163. The minimum atomic E-state index is -0.944. The number of nitrogens with zero attached hydrogens (tertiary/aromatic N) is 2. The molecule has 1 atom stereocenters. The number of nitrogens with two attached hydrogens (primary N) is 2. The number of piperidine rings is 1. The van der Waals surface area contributed by atoms with E-state index in [1.54, 1.807) is 12.1 Å². The average molecular weight is 337 g/mol. The van der Waals surface area contributed by atoms with Gasteiger partial charge in [-0.05, 0) is 25.7 Å². The summed E-state index contributed by atoms with van der Waals surface area (Å²) in [4.78, 5) is 22.7. The lowest BCUT2D eigenvalue weighted by Crippen LogP contribution is -2.36. The van der Waals surface area contributed by atoms with E-state index in [1.165, 1.54) is 19.3 Å². The monoisotopic (exact) mass is 337 g/mol. The zero-order valence-corrected chi connectivity index (χ0v) is 13.4. The fourth-order valence-electron chi connectivity index (χ4n) is 2.75. The number of nitrogen functional groups attached to an aromatic ring is 2. The Morgan fingerprint density at radius 3 is 2.25 bits per heavy atom. The first-order valence-electron chi connectivity index (χ1n) is 7.94. The lowest BCUT2D eigenvalue weighted by atomic mass is 10.1. The van der Waals surface area contributed by atoms with Gasteiger partial charge in [0.1, 0.15) is 6.04 Å². The first-order chi connectivity index (χ1) is 11.4. The van der Waals surface area contributed by atoms with Crippen molar-refractivity contribution in [3.63, 3.8) is 0 Å². The molecule has 3 rings (SSSR count). The van der Waals surface area contributed by atoms with Gasteiger partial charge in [0.25, 0.3) is 0 Å². The number of carbonyl (C=O) groups excluding carboxylic acids is 1. The zero-order valence-electron chi connectivity index (χ0n) is 13.4. The Morgan fingerprint density at radius 2 is 1.83 bits per heavy atom. The van der Waals surface area contributed by atoms with Crippen molar-refractivity contribution in [2.24, 2.45) is 0 Å². The van der Waals surface area contributed by atoms with E-state index in [1.807, 2.05) is 0 Å². The maximum absolute atomic E-state index is 11.3. The lowest BCUT2D eigenvalue weighted by Gasteiger charge is -2.29. The molecule has 0 aliphatic carbocycles. The summed E-state index contributed by atoms with van der Waals surface area (Å²) in [7, 11) is 0. The van der Waals surface area contributed by atoms with E-state index >= 15 is 0 Å². The van der Waals surface area contributed by atoms with E-state index in [-0.39, 0.29) is 17.5 Å². The Morgan fingerprint density at radius 1 is 1.25 bits per heavy atom. The molecular weight excluding hydrogens is 314 g/mol. The van der Waals surface area contributed by atoms with Crippen molar-refractivity contribution in [3.8, 4) is 0 Å². The van der Waals surface area contributed by atoms with Crippen LogP contribution in [0.4, 0.5) is 17.3 Å². The van der Waals surface area contributed by atoms with Crippen molar-refractivity contribution in [3.05, 3.63) is 17.3 Å². The molecule has 0 aromatic carbocycles. The molecule has 132 valence electrons. The standard InChI is InChI=1S/C10H16N4O.C5H7NO3/c11-9-6-8(7-10(12)14(9)15)13-4-2-1-3-5-13;7-4-2-1-3(6-4)5(8)9/h6-7H,1-5,11-12H2;3H,1-2H2,(H,6,7)(H,8,9)/t;3-/m.0/s1. The van der Waals surface area contributed by atoms with Crippen LogP contribution < -0.4 is 26.4 Å². The van der Waals surface area contributed by atoms with Crippen molar-refractivity contribution < 1.29 is 19.4 Å². The van der Waals surface area contributed by atoms with Crippen LogP contribution in [0.25, 0.3) is 0 Å². The van der Waals surface area contributed by atoms with Gasteiger partial charge in [0.15, 0.2) is 0 Å². The normalized spacial score (nSPS) is 20.1. The summed E-state index contributed by atoms with van der Waals surface area (Å²) in [6.45, 7) is 2.03. The fourth-order valence-corrected chi connectivity index (χ4v) is 2.75. The number of hydrogen-bond acceptors (Lipinski definition) is 6. The summed E-state index contributed by atoms with van der Waals surface area (Å²) in [5, 5.41) is 21.9. The molecule has 2 saturated heterocycles. The number of carbonyl (C=O) groups is 2. The predicted molar refractivity (Wildman–Crippen MR) is 89.1 cm³/mol. The maximum atomic E-state index is 11.3. The summed E-state index contributed by atoms with van der Waals surface area (Å²) in [5.74, 6) is -0.783. The third-order valence-electron chi connectivity index (χ3n) is 4.08. The van der Waals surface area contributed by atoms with Gasteiger partial charge in [-0.1, -0.05) is 0 Å². The van der Waals surface area contributed by atoms with Gasteiger partial charge >= 0.3 is 5.97 Å². The number of aliphatic carboxylic acids is 1. The number of rotatable bonds is 2. The second-order valence-electron chi connectivity index (χ2n) is 5.90. The number of anilines is 3. The highest BCUT2D eigenvalue weighted by Gasteiger charge is 2.26. The first kappa shape index (κ1) is 17.6. The van der Waals surface area contributed by atoms with Gasteiger partial charge in [-0.25, -0.2) is 9.52 Å². The third kappa shape index (κ3) is 4.40. The molecule has 1 aromatic heterocycles. The van der Waals surface area contributed by atoms with Gasteiger partial charge in [-0.2, -0.15) is 0 Å². The van der Waals surface area contributed by atoms with E-state index < -0.39 is 12.0 Å². The van der Waals surface area contributed by atoms with Crippen molar-refractivity contribution in [1.29, 1.82) is 0 Å². The number of hydrogen-bond donors (Lipinski definition) is 4. The van der Waals surface area contributed by atoms with Crippen LogP contribution in [0.5, 0.6) is 0 Å². The van der Waals surface area contributed by atoms with E-state index in [2.05, 4.69) is 10.2 Å². The first-order valence-corrected chi connectivity index (χ1v) is 7.94. The maximum Gasteiger partial charge on any atom is 0.326 e. The number of pyridine rings is 1. The van der Waals surface area contributed by atoms with Gasteiger partial charge in [0.2, 0.25) is 17.5 Å².